The maximum absolute atomic E-state index is 13.5. The highest BCUT2D eigenvalue weighted by Gasteiger charge is 2.08. The first-order valence-electron chi connectivity index (χ1n) is 5.40. The Hall–Kier alpha value is -1.06. The molecule has 94 valence electrons. The molecule has 0 heterocycles. The molecular formula is C14H11BrClFO. The first kappa shape index (κ1) is 13.4. The van der Waals surface area contributed by atoms with E-state index in [-0.39, 0.29) is 12.4 Å². The Morgan fingerprint density at radius 2 is 2.06 bits per heavy atom. The predicted octanol–water partition coefficient (Wildman–Crippen LogP) is 5.13. The van der Waals surface area contributed by atoms with Crippen LogP contribution in [0.3, 0.4) is 0 Å². The number of halogens is 3. The summed E-state index contributed by atoms with van der Waals surface area (Å²) in [4.78, 5) is 0. The minimum Gasteiger partial charge on any atom is -0.488 e. The topological polar surface area (TPSA) is 9.23 Å². The number of aryl methyl sites for hydroxylation is 1. The molecule has 0 radical (unpaired) electrons. The maximum atomic E-state index is 13.5. The fourth-order valence-corrected chi connectivity index (χ4v) is 2.37. The summed E-state index contributed by atoms with van der Waals surface area (Å²) in [6.07, 6.45) is 0. The third kappa shape index (κ3) is 3.03. The van der Waals surface area contributed by atoms with Gasteiger partial charge in [-0.2, -0.15) is 0 Å². The van der Waals surface area contributed by atoms with Crippen molar-refractivity contribution >= 4 is 27.5 Å². The molecular weight excluding hydrogens is 319 g/mol. The van der Waals surface area contributed by atoms with Crippen LogP contribution in [0.25, 0.3) is 0 Å². The monoisotopic (exact) mass is 328 g/mol. The molecule has 4 heteroatoms. The molecule has 2 aromatic carbocycles. The van der Waals surface area contributed by atoms with E-state index in [0.29, 0.717) is 16.3 Å². The number of ether oxygens (including phenoxy) is 1. The molecule has 0 aliphatic heterocycles. The van der Waals surface area contributed by atoms with Crippen LogP contribution in [-0.2, 0) is 6.61 Å². The van der Waals surface area contributed by atoms with Gasteiger partial charge in [0.15, 0.2) is 0 Å². The molecule has 0 aliphatic rings. The smallest absolute Gasteiger partial charge is 0.134 e. The van der Waals surface area contributed by atoms with Crippen molar-refractivity contribution in [2.45, 2.75) is 13.5 Å². The van der Waals surface area contributed by atoms with Crippen LogP contribution in [0.15, 0.2) is 40.9 Å². The Labute approximate surface area is 119 Å². The van der Waals surface area contributed by atoms with Gasteiger partial charge in [-0.1, -0.05) is 23.7 Å². The van der Waals surface area contributed by atoms with Crippen molar-refractivity contribution in [1.82, 2.24) is 0 Å². The summed E-state index contributed by atoms with van der Waals surface area (Å²) < 4.78 is 20.0. The Kier molecular flexibility index (Phi) is 4.25. The Bertz CT molecular complexity index is 551. The van der Waals surface area contributed by atoms with Gasteiger partial charge in [-0.3, -0.25) is 0 Å². The van der Waals surface area contributed by atoms with Crippen LogP contribution in [0, 0.1) is 12.7 Å². The van der Waals surface area contributed by atoms with Gasteiger partial charge >= 0.3 is 0 Å². The summed E-state index contributed by atoms with van der Waals surface area (Å²) in [6.45, 7) is 2.09. The van der Waals surface area contributed by atoms with Crippen molar-refractivity contribution in [3.05, 3.63) is 62.8 Å². The zero-order valence-corrected chi connectivity index (χ0v) is 12.1. The third-order valence-electron chi connectivity index (χ3n) is 2.52. The molecule has 0 spiro atoms. The van der Waals surface area contributed by atoms with Crippen molar-refractivity contribution in [3.8, 4) is 5.75 Å². The van der Waals surface area contributed by atoms with Gasteiger partial charge in [0.2, 0.25) is 0 Å². The highest BCUT2D eigenvalue weighted by molar-refractivity contribution is 9.10. The molecule has 0 aliphatic carbocycles. The van der Waals surface area contributed by atoms with Gasteiger partial charge in [-0.25, -0.2) is 4.39 Å². The number of benzene rings is 2. The molecule has 18 heavy (non-hydrogen) atoms. The minimum atomic E-state index is -0.356. The van der Waals surface area contributed by atoms with E-state index < -0.39 is 0 Å². The highest BCUT2D eigenvalue weighted by Crippen LogP contribution is 2.28. The molecule has 0 saturated carbocycles. The Morgan fingerprint density at radius 3 is 2.72 bits per heavy atom. The van der Waals surface area contributed by atoms with Gasteiger partial charge in [0, 0.05) is 5.56 Å². The lowest BCUT2D eigenvalue weighted by Gasteiger charge is -2.10. The predicted molar refractivity (Wildman–Crippen MR) is 74.6 cm³/mol. The standard InChI is InChI=1S/C14H11BrClFO/c1-9-5-6-14(11(15)7-9)18-8-10-12(16)3-2-4-13(10)17/h2-7H,8H2,1H3. The lowest BCUT2D eigenvalue weighted by molar-refractivity contribution is 0.298. The van der Waals surface area contributed by atoms with Crippen molar-refractivity contribution < 1.29 is 9.13 Å². The second kappa shape index (κ2) is 5.72. The Balaban J connectivity index is 2.16. The minimum absolute atomic E-state index is 0.104. The van der Waals surface area contributed by atoms with Crippen molar-refractivity contribution in [3.63, 3.8) is 0 Å². The zero-order valence-electron chi connectivity index (χ0n) is 9.71. The van der Waals surface area contributed by atoms with E-state index in [1.807, 2.05) is 25.1 Å². The summed E-state index contributed by atoms with van der Waals surface area (Å²) in [5.74, 6) is 0.311. The fourth-order valence-electron chi connectivity index (χ4n) is 1.54. The van der Waals surface area contributed by atoms with Crippen LogP contribution < -0.4 is 4.74 Å². The van der Waals surface area contributed by atoms with E-state index in [1.165, 1.54) is 6.07 Å². The molecule has 0 atom stereocenters. The van der Waals surface area contributed by atoms with Crippen molar-refractivity contribution in [2.75, 3.05) is 0 Å². The molecule has 0 aromatic heterocycles. The molecule has 0 bridgehead atoms. The number of rotatable bonds is 3. The molecule has 2 rings (SSSR count). The van der Waals surface area contributed by atoms with Crippen LogP contribution in [0.1, 0.15) is 11.1 Å². The van der Waals surface area contributed by atoms with E-state index in [2.05, 4.69) is 15.9 Å². The molecule has 1 nitrogen and oxygen atoms in total. The average molecular weight is 330 g/mol. The van der Waals surface area contributed by atoms with Crippen LogP contribution in [0.2, 0.25) is 5.02 Å². The molecule has 0 unspecified atom stereocenters. The quantitative estimate of drug-likeness (QED) is 0.758. The van der Waals surface area contributed by atoms with Crippen LogP contribution >= 0.6 is 27.5 Å². The maximum Gasteiger partial charge on any atom is 0.134 e. The normalized spacial score (nSPS) is 10.4. The van der Waals surface area contributed by atoms with Crippen molar-refractivity contribution in [2.24, 2.45) is 0 Å². The van der Waals surface area contributed by atoms with Crippen LogP contribution in [0.4, 0.5) is 4.39 Å². The second-order valence-corrected chi connectivity index (χ2v) is 5.18. The summed E-state index contributed by atoms with van der Waals surface area (Å²) >= 11 is 9.33. The lowest BCUT2D eigenvalue weighted by Crippen LogP contribution is -2.00. The molecule has 0 amide bonds. The van der Waals surface area contributed by atoms with E-state index >= 15 is 0 Å². The number of hydrogen-bond donors (Lipinski definition) is 0. The largest absolute Gasteiger partial charge is 0.488 e. The average Bonchev–Trinajstić information content (AvgIpc) is 2.31. The third-order valence-corrected chi connectivity index (χ3v) is 3.49. The summed E-state index contributed by atoms with van der Waals surface area (Å²) in [5.41, 5.74) is 1.49. The van der Waals surface area contributed by atoms with E-state index in [4.69, 9.17) is 16.3 Å². The summed E-state index contributed by atoms with van der Waals surface area (Å²) in [5, 5.41) is 0.373. The van der Waals surface area contributed by atoms with Gasteiger partial charge in [0.05, 0.1) is 9.50 Å². The molecule has 0 saturated heterocycles. The van der Waals surface area contributed by atoms with Crippen LogP contribution in [0.5, 0.6) is 5.75 Å². The van der Waals surface area contributed by atoms with Gasteiger partial charge < -0.3 is 4.74 Å². The summed E-state index contributed by atoms with van der Waals surface area (Å²) in [7, 11) is 0. The fraction of sp³-hybridized carbons (Fsp3) is 0.143. The van der Waals surface area contributed by atoms with E-state index in [1.54, 1.807) is 12.1 Å². The zero-order chi connectivity index (χ0) is 13.1. The highest BCUT2D eigenvalue weighted by atomic mass is 79.9. The van der Waals surface area contributed by atoms with Gasteiger partial charge in [0.25, 0.3) is 0 Å². The lowest BCUT2D eigenvalue weighted by atomic mass is 10.2. The summed E-state index contributed by atoms with van der Waals surface area (Å²) in [6, 6.07) is 10.3. The van der Waals surface area contributed by atoms with Gasteiger partial charge in [-0.05, 0) is 52.7 Å². The van der Waals surface area contributed by atoms with Crippen molar-refractivity contribution in [1.29, 1.82) is 0 Å². The first-order valence-corrected chi connectivity index (χ1v) is 6.57. The van der Waals surface area contributed by atoms with Gasteiger partial charge in [-0.15, -0.1) is 0 Å². The van der Waals surface area contributed by atoms with E-state index in [9.17, 15) is 4.39 Å². The molecule has 0 N–H and O–H groups in total. The molecule has 0 fully saturated rings. The Morgan fingerprint density at radius 1 is 1.28 bits per heavy atom. The molecule has 2 aromatic rings. The SMILES string of the molecule is Cc1ccc(OCc2c(F)cccc2Cl)c(Br)c1. The number of hydrogen-bond acceptors (Lipinski definition) is 1. The second-order valence-electron chi connectivity index (χ2n) is 3.92. The first-order chi connectivity index (χ1) is 8.58. The van der Waals surface area contributed by atoms with Gasteiger partial charge in [0.1, 0.15) is 18.2 Å². The van der Waals surface area contributed by atoms with E-state index in [0.717, 1.165) is 10.0 Å². The van der Waals surface area contributed by atoms with Crippen LogP contribution in [-0.4, -0.2) is 0 Å².